The molecule has 6 heteroatoms. The molecule has 0 spiro atoms. The van der Waals surface area contributed by atoms with E-state index < -0.39 is 7.05 Å². The predicted molar refractivity (Wildman–Crippen MR) is 87.0 cm³/mol. The molecule has 1 aromatic carbocycles. The number of benzene rings is 1. The fourth-order valence-corrected chi connectivity index (χ4v) is 2.91. The van der Waals surface area contributed by atoms with Crippen LogP contribution in [0.15, 0.2) is 30.3 Å². The normalized spacial score (nSPS) is 23.2. The minimum atomic E-state index is -0.575. The average Bonchev–Trinajstić information content (AvgIpc) is 2.92. The van der Waals surface area contributed by atoms with Gasteiger partial charge in [-0.1, -0.05) is 30.3 Å². The number of ether oxygens (including phenoxy) is 1. The first-order valence-electron chi connectivity index (χ1n) is 7.72. The van der Waals surface area contributed by atoms with Crippen LogP contribution in [-0.2, 0) is 9.53 Å². The van der Waals surface area contributed by atoms with E-state index in [2.05, 4.69) is 31.3 Å². The van der Waals surface area contributed by atoms with E-state index in [1.807, 2.05) is 23.0 Å². The van der Waals surface area contributed by atoms with Crippen molar-refractivity contribution in [1.82, 2.24) is 10.1 Å². The highest BCUT2D eigenvalue weighted by atomic mass is 16.5. The summed E-state index contributed by atoms with van der Waals surface area (Å²) in [5.74, 6) is -0.543. The van der Waals surface area contributed by atoms with Gasteiger partial charge in [0, 0.05) is 25.2 Å². The van der Waals surface area contributed by atoms with Crippen LogP contribution in [0.5, 0.6) is 0 Å². The van der Waals surface area contributed by atoms with Crippen molar-refractivity contribution in [2.45, 2.75) is 25.8 Å². The number of carbonyl (C=O) groups is 1. The Balaban J connectivity index is 2.06. The minimum Gasteiger partial charge on any atom is -0.437 e. The summed E-state index contributed by atoms with van der Waals surface area (Å²) in [7, 11) is -0.575. The quantitative estimate of drug-likeness (QED) is 0.468. The van der Waals surface area contributed by atoms with Gasteiger partial charge in [0.05, 0.1) is 5.92 Å². The molecule has 3 atom stereocenters. The molecule has 22 heavy (non-hydrogen) atoms. The molecule has 0 bridgehead atoms. The van der Waals surface area contributed by atoms with Crippen LogP contribution >= 0.6 is 0 Å². The molecule has 1 aromatic rings. The first-order chi connectivity index (χ1) is 10.5. The first kappa shape index (κ1) is 16.9. The van der Waals surface area contributed by atoms with Gasteiger partial charge < -0.3 is 19.9 Å². The molecule has 1 aliphatic heterocycles. The first-order valence-corrected chi connectivity index (χ1v) is 7.72. The number of esters is 1. The lowest BCUT2D eigenvalue weighted by atomic mass is 9.86. The van der Waals surface area contributed by atoms with Gasteiger partial charge in [-0.15, -0.1) is 0 Å². The van der Waals surface area contributed by atoms with Crippen LogP contribution in [0.2, 0.25) is 6.82 Å². The highest BCUT2D eigenvalue weighted by Crippen LogP contribution is 2.23. The summed E-state index contributed by atoms with van der Waals surface area (Å²) in [4.78, 5) is 14.0. The van der Waals surface area contributed by atoms with Crippen molar-refractivity contribution in [2.75, 3.05) is 19.7 Å². The summed E-state index contributed by atoms with van der Waals surface area (Å²) in [6.45, 7) is 8.59. The Morgan fingerprint density at radius 3 is 2.77 bits per heavy atom. The maximum atomic E-state index is 12.1. The summed E-state index contributed by atoms with van der Waals surface area (Å²) in [6.07, 6.45) is 0. The van der Waals surface area contributed by atoms with Gasteiger partial charge >= 0.3 is 13.0 Å². The van der Waals surface area contributed by atoms with Crippen molar-refractivity contribution in [3.05, 3.63) is 42.8 Å². The Hall–Kier alpha value is -1.50. The third-order valence-electron chi connectivity index (χ3n) is 4.19. The van der Waals surface area contributed by atoms with Gasteiger partial charge in [-0.2, -0.15) is 0 Å². The predicted octanol–water partition coefficient (Wildman–Crippen LogP) is 1.13. The monoisotopic (exact) mass is 303 g/mol. The fraction of sp³-hybridized carbons (Fsp3) is 0.500. The Bertz CT molecular complexity index is 484. The van der Waals surface area contributed by atoms with E-state index in [1.54, 1.807) is 6.82 Å². The van der Waals surface area contributed by atoms with E-state index in [1.165, 1.54) is 5.56 Å². The lowest BCUT2D eigenvalue weighted by Crippen LogP contribution is -2.42. The van der Waals surface area contributed by atoms with Crippen LogP contribution in [0.25, 0.3) is 0 Å². The molecule has 1 heterocycles. The van der Waals surface area contributed by atoms with Crippen LogP contribution < -0.4 is 5.32 Å². The topological polar surface area (TPSA) is 61.8 Å². The number of carbonyl (C=O) groups excluding carboxylic acids is 1. The molecular weight excluding hydrogens is 279 g/mol. The molecule has 0 saturated carbocycles. The Kier molecular flexibility index (Phi) is 5.88. The third kappa shape index (κ3) is 4.03. The molecular formula is C16H24BN2O3+. The number of hydrogen-bond donors (Lipinski definition) is 2. The van der Waals surface area contributed by atoms with E-state index in [-0.39, 0.29) is 30.6 Å². The van der Waals surface area contributed by atoms with Gasteiger partial charge in [0.1, 0.15) is 6.92 Å². The van der Waals surface area contributed by atoms with Crippen LogP contribution in [0.3, 0.4) is 0 Å². The third-order valence-corrected chi connectivity index (χ3v) is 4.19. The van der Waals surface area contributed by atoms with Crippen LogP contribution in [-0.4, -0.2) is 48.6 Å². The van der Waals surface area contributed by atoms with Crippen molar-refractivity contribution in [1.29, 1.82) is 0 Å². The summed E-state index contributed by atoms with van der Waals surface area (Å²) < 4.78 is 5.07. The molecule has 2 rings (SSSR count). The molecule has 0 unspecified atom stereocenters. The van der Waals surface area contributed by atoms with Gasteiger partial charge in [0.15, 0.2) is 0 Å². The smallest absolute Gasteiger partial charge is 0.376 e. The highest BCUT2D eigenvalue weighted by molar-refractivity contribution is 6.45. The maximum absolute atomic E-state index is 12.1. The zero-order valence-corrected chi connectivity index (χ0v) is 13.2. The maximum Gasteiger partial charge on any atom is 0.376 e. The van der Waals surface area contributed by atoms with Gasteiger partial charge in [0.25, 0.3) is 0 Å². The second-order valence-electron chi connectivity index (χ2n) is 5.77. The van der Waals surface area contributed by atoms with Gasteiger partial charge in [0.2, 0.25) is 6.61 Å². The lowest BCUT2D eigenvalue weighted by Gasteiger charge is -2.23. The Morgan fingerprint density at radius 1 is 1.50 bits per heavy atom. The molecule has 1 fully saturated rings. The molecule has 5 nitrogen and oxygen atoms in total. The van der Waals surface area contributed by atoms with Crippen LogP contribution in [0.1, 0.15) is 18.5 Å². The summed E-state index contributed by atoms with van der Waals surface area (Å²) in [6, 6.07) is 10.2. The number of hydrogen-bond acceptors (Lipinski definition) is 5. The van der Waals surface area contributed by atoms with E-state index in [4.69, 9.17) is 4.74 Å². The molecule has 1 saturated heterocycles. The Labute approximate surface area is 132 Å². The van der Waals surface area contributed by atoms with Crippen LogP contribution in [0, 0.1) is 12.8 Å². The van der Waals surface area contributed by atoms with Crippen molar-refractivity contribution >= 4 is 13.0 Å². The van der Waals surface area contributed by atoms with Crippen molar-refractivity contribution in [3.63, 3.8) is 0 Å². The molecule has 2 N–H and O–H groups in total. The zero-order chi connectivity index (χ0) is 16.1. The molecule has 0 amide bonds. The largest absolute Gasteiger partial charge is 0.437 e. The molecule has 118 valence electrons. The zero-order valence-electron chi connectivity index (χ0n) is 13.2. The summed E-state index contributed by atoms with van der Waals surface area (Å²) in [5.41, 5.74) is 1.17. The second-order valence-corrected chi connectivity index (χ2v) is 5.77. The number of nitrogens with one attached hydrogen (secondary N) is 1. The van der Waals surface area contributed by atoms with Crippen LogP contribution in [0.4, 0.5) is 0 Å². The van der Waals surface area contributed by atoms with E-state index in [0.717, 1.165) is 0 Å². The highest BCUT2D eigenvalue weighted by Gasteiger charge is 2.41. The molecule has 1 aliphatic rings. The number of nitrogens with zero attached hydrogens (tertiary/aromatic N) is 1. The average molecular weight is 303 g/mol. The molecule has 0 radical (unpaired) electrons. The van der Waals surface area contributed by atoms with E-state index >= 15 is 0 Å². The van der Waals surface area contributed by atoms with Gasteiger partial charge in [-0.05, 0) is 19.3 Å². The second kappa shape index (κ2) is 7.67. The standard InChI is InChI=1S/C16H24BN2O3/c1-4-22-16(20)14-10-19(17(3)21)11-15(14)18-12(2)13-8-6-5-7-9-13/h5-9,12,14-15,18,21H,1,4,10-11H2,2-3H3/q+1/t12-,14+,15+/m1/s1. The minimum absolute atomic E-state index is 0.0520. The molecule has 0 aromatic heterocycles. The van der Waals surface area contributed by atoms with E-state index in [0.29, 0.717) is 13.1 Å². The Morgan fingerprint density at radius 2 is 2.18 bits per heavy atom. The molecule has 0 aliphatic carbocycles. The summed E-state index contributed by atoms with van der Waals surface area (Å²) >= 11 is 0. The number of rotatable bonds is 6. The summed E-state index contributed by atoms with van der Waals surface area (Å²) in [5, 5.41) is 13.3. The van der Waals surface area contributed by atoms with Crippen molar-refractivity contribution in [3.8, 4) is 0 Å². The SMILES string of the molecule is [CH2+]COC(=O)[C@H]1CN(B(C)O)C[C@@H]1N[C@H](C)c1ccccc1. The lowest BCUT2D eigenvalue weighted by molar-refractivity contribution is -0.147. The van der Waals surface area contributed by atoms with Gasteiger partial charge in [-0.3, -0.25) is 4.79 Å². The fourth-order valence-electron chi connectivity index (χ4n) is 2.91. The van der Waals surface area contributed by atoms with Crippen molar-refractivity contribution in [2.24, 2.45) is 5.92 Å². The van der Waals surface area contributed by atoms with E-state index in [9.17, 15) is 9.82 Å². The van der Waals surface area contributed by atoms with Crippen molar-refractivity contribution < 1.29 is 14.6 Å². The van der Waals surface area contributed by atoms with Gasteiger partial charge in [-0.25, -0.2) is 0 Å².